The lowest BCUT2D eigenvalue weighted by atomic mass is 9.99. The summed E-state index contributed by atoms with van der Waals surface area (Å²) >= 11 is 0. The van der Waals surface area contributed by atoms with Crippen molar-refractivity contribution in [3.63, 3.8) is 0 Å². The fourth-order valence-electron chi connectivity index (χ4n) is 2.81. The van der Waals surface area contributed by atoms with Crippen molar-refractivity contribution in [2.24, 2.45) is 0 Å². The maximum atomic E-state index is 5.33. The summed E-state index contributed by atoms with van der Waals surface area (Å²) in [5.41, 5.74) is 5.15. The van der Waals surface area contributed by atoms with Gasteiger partial charge in [0, 0.05) is 22.7 Å². The molecule has 2 heterocycles. The van der Waals surface area contributed by atoms with E-state index in [4.69, 9.17) is 4.74 Å². The first kappa shape index (κ1) is 13.5. The third-order valence-corrected chi connectivity index (χ3v) is 3.94. The predicted molar refractivity (Wildman–Crippen MR) is 91.3 cm³/mol. The fourth-order valence-corrected chi connectivity index (χ4v) is 2.81. The van der Waals surface area contributed by atoms with E-state index in [9.17, 15) is 0 Å². The summed E-state index contributed by atoms with van der Waals surface area (Å²) in [7, 11) is 1.67. The molecule has 4 aromatic rings. The molecule has 0 aliphatic heterocycles. The number of hydrogen-bond acceptors (Lipinski definition) is 3. The first-order chi connectivity index (χ1) is 11.4. The van der Waals surface area contributed by atoms with Gasteiger partial charge in [0.2, 0.25) is 0 Å². The summed E-state index contributed by atoms with van der Waals surface area (Å²) < 4.78 is 5.33. The Labute approximate surface area is 133 Å². The van der Waals surface area contributed by atoms with Gasteiger partial charge in [0.1, 0.15) is 5.75 Å². The third-order valence-electron chi connectivity index (χ3n) is 3.94. The molecule has 1 N–H and O–H groups in total. The summed E-state index contributed by atoms with van der Waals surface area (Å²) in [6.07, 6.45) is 3.67. The average molecular weight is 301 g/mol. The highest BCUT2D eigenvalue weighted by Crippen LogP contribution is 2.34. The highest BCUT2D eigenvalue weighted by molar-refractivity contribution is 5.97. The standard InChI is InChI=1S/C19H15N3O/c1-23-14-6-4-5-13(11-14)17-12-21-22-19(17)16-9-10-20-18-8-3-2-7-15(16)18/h2-12H,1H3,(H,21,22). The van der Waals surface area contributed by atoms with Crippen molar-refractivity contribution < 1.29 is 4.74 Å². The van der Waals surface area contributed by atoms with Crippen LogP contribution in [0.5, 0.6) is 5.75 Å². The van der Waals surface area contributed by atoms with Crippen LogP contribution in [0.1, 0.15) is 0 Å². The summed E-state index contributed by atoms with van der Waals surface area (Å²) in [5, 5.41) is 8.48. The topological polar surface area (TPSA) is 50.8 Å². The van der Waals surface area contributed by atoms with Crippen molar-refractivity contribution in [1.82, 2.24) is 15.2 Å². The molecule has 0 aliphatic carbocycles. The summed E-state index contributed by atoms with van der Waals surface area (Å²) in [6, 6.07) is 18.1. The molecule has 4 heteroatoms. The Balaban J connectivity index is 1.92. The highest BCUT2D eigenvalue weighted by Gasteiger charge is 2.13. The van der Waals surface area contributed by atoms with Crippen LogP contribution in [0.15, 0.2) is 67.0 Å². The van der Waals surface area contributed by atoms with E-state index >= 15 is 0 Å². The van der Waals surface area contributed by atoms with Gasteiger partial charge in [0.15, 0.2) is 0 Å². The van der Waals surface area contributed by atoms with Crippen LogP contribution in [0.2, 0.25) is 0 Å². The van der Waals surface area contributed by atoms with E-state index in [-0.39, 0.29) is 0 Å². The molecule has 0 saturated carbocycles. The van der Waals surface area contributed by atoms with Crippen LogP contribution in [0, 0.1) is 0 Å². The molecule has 0 saturated heterocycles. The third kappa shape index (κ3) is 2.34. The molecule has 0 spiro atoms. The second-order valence-electron chi connectivity index (χ2n) is 5.27. The number of aromatic amines is 1. The number of nitrogens with one attached hydrogen (secondary N) is 1. The van der Waals surface area contributed by atoms with Gasteiger partial charge in [-0.25, -0.2) is 0 Å². The Morgan fingerprint density at radius 2 is 1.87 bits per heavy atom. The van der Waals surface area contributed by atoms with Gasteiger partial charge in [0.25, 0.3) is 0 Å². The van der Waals surface area contributed by atoms with Gasteiger partial charge in [0.05, 0.1) is 24.5 Å². The van der Waals surface area contributed by atoms with Crippen molar-refractivity contribution in [1.29, 1.82) is 0 Å². The van der Waals surface area contributed by atoms with Gasteiger partial charge in [-0.05, 0) is 29.8 Å². The van der Waals surface area contributed by atoms with Gasteiger partial charge < -0.3 is 4.74 Å². The Morgan fingerprint density at radius 3 is 2.78 bits per heavy atom. The zero-order chi connectivity index (χ0) is 15.6. The molecule has 0 bridgehead atoms. The minimum atomic E-state index is 0.828. The summed E-state index contributed by atoms with van der Waals surface area (Å²) in [4.78, 5) is 4.43. The molecule has 112 valence electrons. The number of hydrogen-bond donors (Lipinski definition) is 1. The number of para-hydroxylation sites is 1. The van der Waals surface area contributed by atoms with Gasteiger partial charge in [-0.3, -0.25) is 10.1 Å². The maximum absolute atomic E-state index is 5.33. The molecule has 2 aromatic heterocycles. The first-order valence-corrected chi connectivity index (χ1v) is 7.39. The lowest BCUT2D eigenvalue weighted by Crippen LogP contribution is -1.88. The molecule has 4 rings (SSSR count). The van der Waals surface area contributed by atoms with E-state index in [1.54, 1.807) is 7.11 Å². The lowest BCUT2D eigenvalue weighted by Gasteiger charge is -2.08. The molecule has 0 radical (unpaired) electrons. The second-order valence-corrected chi connectivity index (χ2v) is 5.27. The molecule has 0 atom stereocenters. The minimum Gasteiger partial charge on any atom is -0.497 e. The van der Waals surface area contributed by atoms with Crippen molar-refractivity contribution in [3.05, 3.63) is 67.0 Å². The van der Waals surface area contributed by atoms with Crippen LogP contribution in [-0.4, -0.2) is 22.3 Å². The molecular formula is C19H15N3O. The molecule has 0 amide bonds. The average Bonchev–Trinajstić information content (AvgIpc) is 3.11. The van der Waals surface area contributed by atoms with Crippen LogP contribution in [0.4, 0.5) is 0 Å². The number of H-pyrrole nitrogens is 1. The molecule has 0 unspecified atom stereocenters. The highest BCUT2D eigenvalue weighted by atomic mass is 16.5. The zero-order valence-corrected chi connectivity index (χ0v) is 12.7. The van der Waals surface area contributed by atoms with Crippen LogP contribution >= 0.6 is 0 Å². The largest absolute Gasteiger partial charge is 0.497 e. The quantitative estimate of drug-likeness (QED) is 0.614. The molecule has 0 fully saturated rings. The van der Waals surface area contributed by atoms with Gasteiger partial charge in [-0.15, -0.1) is 0 Å². The van der Waals surface area contributed by atoms with E-state index in [0.29, 0.717) is 0 Å². The number of benzene rings is 2. The van der Waals surface area contributed by atoms with Crippen LogP contribution in [0.25, 0.3) is 33.3 Å². The second kappa shape index (κ2) is 5.57. The number of rotatable bonds is 3. The monoisotopic (exact) mass is 301 g/mol. The molecule has 23 heavy (non-hydrogen) atoms. The number of nitrogens with zero attached hydrogens (tertiary/aromatic N) is 2. The van der Waals surface area contributed by atoms with E-state index in [2.05, 4.69) is 27.3 Å². The Hall–Kier alpha value is -3.14. The Bertz CT molecular complexity index is 970. The predicted octanol–water partition coefficient (Wildman–Crippen LogP) is 4.30. The number of pyridine rings is 1. The Morgan fingerprint density at radius 1 is 0.957 bits per heavy atom. The minimum absolute atomic E-state index is 0.828. The normalized spacial score (nSPS) is 10.8. The maximum Gasteiger partial charge on any atom is 0.119 e. The zero-order valence-electron chi connectivity index (χ0n) is 12.7. The van der Waals surface area contributed by atoms with E-state index in [1.165, 1.54) is 0 Å². The van der Waals surface area contributed by atoms with E-state index in [0.717, 1.165) is 39.0 Å². The molecule has 0 aliphatic rings. The van der Waals surface area contributed by atoms with Crippen LogP contribution in [0.3, 0.4) is 0 Å². The van der Waals surface area contributed by atoms with Crippen molar-refractivity contribution in [2.75, 3.05) is 7.11 Å². The molecule has 4 nitrogen and oxygen atoms in total. The van der Waals surface area contributed by atoms with Gasteiger partial charge >= 0.3 is 0 Å². The SMILES string of the molecule is COc1cccc(-c2cn[nH]c2-c2ccnc3ccccc23)c1. The molecule has 2 aromatic carbocycles. The van der Waals surface area contributed by atoms with E-state index < -0.39 is 0 Å². The van der Waals surface area contributed by atoms with Crippen molar-refractivity contribution in [2.45, 2.75) is 0 Å². The Kier molecular flexibility index (Phi) is 3.27. The van der Waals surface area contributed by atoms with Gasteiger partial charge in [-0.1, -0.05) is 30.3 Å². The summed E-state index contributed by atoms with van der Waals surface area (Å²) in [5.74, 6) is 0.828. The van der Waals surface area contributed by atoms with Crippen molar-refractivity contribution >= 4 is 10.9 Å². The van der Waals surface area contributed by atoms with Crippen LogP contribution in [-0.2, 0) is 0 Å². The first-order valence-electron chi connectivity index (χ1n) is 7.39. The van der Waals surface area contributed by atoms with Gasteiger partial charge in [-0.2, -0.15) is 5.10 Å². The van der Waals surface area contributed by atoms with E-state index in [1.807, 2.05) is 54.9 Å². The lowest BCUT2D eigenvalue weighted by molar-refractivity contribution is 0.415. The number of ether oxygens (including phenoxy) is 1. The molecular weight excluding hydrogens is 286 g/mol. The smallest absolute Gasteiger partial charge is 0.119 e. The number of fused-ring (bicyclic) bond motifs is 1. The van der Waals surface area contributed by atoms with Crippen LogP contribution < -0.4 is 4.74 Å². The fraction of sp³-hybridized carbons (Fsp3) is 0.0526. The van der Waals surface area contributed by atoms with Crippen molar-refractivity contribution in [3.8, 4) is 28.1 Å². The summed E-state index contributed by atoms with van der Waals surface area (Å²) in [6.45, 7) is 0. The number of aromatic nitrogens is 3. The number of methoxy groups -OCH3 is 1.